The van der Waals surface area contributed by atoms with Gasteiger partial charge in [0.2, 0.25) is 0 Å². The summed E-state index contributed by atoms with van der Waals surface area (Å²) in [7, 11) is 0. The predicted octanol–water partition coefficient (Wildman–Crippen LogP) is 2.48. The molecule has 0 atom stereocenters. The van der Waals surface area contributed by atoms with Crippen molar-refractivity contribution in [2.45, 2.75) is 19.3 Å². The van der Waals surface area contributed by atoms with Gasteiger partial charge < -0.3 is 10.1 Å². The zero-order chi connectivity index (χ0) is 10.3. The molecule has 3 rings (SSSR count). The molecule has 1 saturated carbocycles. The lowest BCUT2D eigenvalue weighted by Crippen LogP contribution is -2.09. The number of fused-ring (bicyclic) bond motifs is 1. The van der Waals surface area contributed by atoms with Gasteiger partial charge in [-0.25, -0.2) is 0 Å². The van der Waals surface area contributed by atoms with Gasteiger partial charge in [-0.3, -0.25) is 0 Å². The van der Waals surface area contributed by atoms with Crippen molar-refractivity contribution in [3.8, 4) is 0 Å². The van der Waals surface area contributed by atoms with Gasteiger partial charge in [0.1, 0.15) is 0 Å². The highest BCUT2D eigenvalue weighted by Crippen LogP contribution is 2.48. The molecule has 1 aromatic carbocycles. The van der Waals surface area contributed by atoms with Crippen LogP contribution in [0.25, 0.3) is 10.9 Å². The van der Waals surface area contributed by atoms with E-state index in [2.05, 4.69) is 29.4 Å². The van der Waals surface area contributed by atoms with Crippen LogP contribution in [0.5, 0.6) is 0 Å². The minimum absolute atomic E-state index is 0.199. The summed E-state index contributed by atoms with van der Waals surface area (Å²) in [6, 6.07) is 8.35. The number of benzene rings is 1. The minimum Gasteiger partial charge on any atom is -0.396 e. The number of hydrogen-bond acceptors (Lipinski definition) is 1. The largest absolute Gasteiger partial charge is 0.396 e. The van der Waals surface area contributed by atoms with E-state index in [4.69, 9.17) is 0 Å². The van der Waals surface area contributed by atoms with Crippen LogP contribution in [0.15, 0.2) is 30.5 Å². The third kappa shape index (κ3) is 1.45. The van der Waals surface area contributed by atoms with Crippen molar-refractivity contribution in [1.82, 2.24) is 4.98 Å². The number of H-pyrrole nitrogens is 1. The Balaban J connectivity index is 1.98. The van der Waals surface area contributed by atoms with Crippen LogP contribution in [0.3, 0.4) is 0 Å². The van der Waals surface area contributed by atoms with E-state index < -0.39 is 0 Å². The molecule has 78 valence electrons. The molecule has 0 amide bonds. The maximum atomic E-state index is 9.32. The van der Waals surface area contributed by atoms with Crippen molar-refractivity contribution in [2.24, 2.45) is 5.41 Å². The summed E-state index contributed by atoms with van der Waals surface area (Å²) in [6.45, 7) is 0.326. The van der Waals surface area contributed by atoms with Crippen LogP contribution in [-0.2, 0) is 6.42 Å². The average Bonchev–Trinajstić information content (AvgIpc) is 2.95. The molecule has 15 heavy (non-hydrogen) atoms. The lowest BCUT2D eigenvalue weighted by molar-refractivity contribution is 0.211. The predicted molar refractivity (Wildman–Crippen MR) is 60.8 cm³/mol. The highest BCUT2D eigenvalue weighted by atomic mass is 16.3. The second-order valence-electron chi connectivity index (χ2n) is 4.69. The second-order valence-corrected chi connectivity index (χ2v) is 4.69. The summed E-state index contributed by atoms with van der Waals surface area (Å²) in [4.78, 5) is 3.28. The standard InChI is InChI=1S/C13H15NO/c15-9-13(5-6-13)7-10-8-14-12-4-2-1-3-11(10)12/h1-4,8,14-15H,5-7,9H2. The summed E-state index contributed by atoms with van der Waals surface area (Å²) in [5.41, 5.74) is 2.74. The van der Waals surface area contributed by atoms with Crippen LogP contribution in [0.1, 0.15) is 18.4 Å². The summed E-state index contributed by atoms with van der Waals surface area (Å²) in [6.07, 6.45) is 5.43. The zero-order valence-electron chi connectivity index (χ0n) is 8.66. The summed E-state index contributed by atoms with van der Waals surface area (Å²) in [5.74, 6) is 0. The van der Waals surface area contributed by atoms with Crippen LogP contribution in [-0.4, -0.2) is 16.7 Å². The number of aliphatic hydroxyl groups is 1. The van der Waals surface area contributed by atoms with Crippen molar-refractivity contribution < 1.29 is 5.11 Å². The Labute approximate surface area is 88.9 Å². The van der Waals surface area contributed by atoms with Gasteiger partial charge in [0.15, 0.2) is 0 Å². The fraction of sp³-hybridized carbons (Fsp3) is 0.385. The van der Waals surface area contributed by atoms with Crippen molar-refractivity contribution in [1.29, 1.82) is 0 Å². The summed E-state index contributed by atoms with van der Waals surface area (Å²) >= 11 is 0. The van der Waals surface area contributed by atoms with Crippen molar-refractivity contribution in [3.05, 3.63) is 36.0 Å². The molecular formula is C13H15NO. The fourth-order valence-corrected chi connectivity index (χ4v) is 2.25. The van der Waals surface area contributed by atoms with E-state index in [1.807, 2.05) is 6.07 Å². The number of hydrogen-bond donors (Lipinski definition) is 2. The highest BCUT2D eigenvalue weighted by Gasteiger charge is 2.42. The van der Waals surface area contributed by atoms with Gasteiger partial charge in [-0.1, -0.05) is 18.2 Å². The molecule has 1 aromatic heterocycles. The number of aromatic nitrogens is 1. The molecule has 1 fully saturated rings. The normalized spacial score (nSPS) is 18.2. The Morgan fingerprint density at radius 1 is 1.27 bits per heavy atom. The Bertz CT molecular complexity index is 482. The Kier molecular flexibility index (Phi) is 1.86. The Morgan fingerprint density at radius 2 is 2.07 bits per heavy atom. The lowest BCUT2D eigenvalue weighted by Gasteiger charge is -2.09. The number of rotatable bonds is 3. The van der Waals surface area contributed by atoms with Gasteiger partial charge >= 0.3 is 0 Å². The van der Waals surface area contributed by atoms with E-state index in [-0.39, 0.29) is 5.41 Å². The summed E-state index contributed by atoms with van der Waals surface area (Å²) in [5, 5.41) is 10.6. The van der Waals surface area contributed by atoms with E-state index >= 15 is 0 Å². The van der Waals surface area contributed by atoms with Crippen LogP contribution in [0, 0.1) is 5.41 Å². The van der Waals surface area contributed by atoms with Crippen molar-refractivity contribution in [3.63, 3.8) is 0 Å². The highest BCUT2D eigenvalue weighted by molar-refractivity contribution is 5.83. The van der Waals surface area contributed by atoms with Gasteiger partial charge in [0.05, 0.1) is 0 Å². The molecule has 1 heterocycles. The molecular weight excluding hydrogens is 186 g/mol. The summed E-state index contributed by atoms with van der Waals surface area (Å²) < 4.78 is 0. The first-order valence-corrected chi connectivity index (χ1v) is 5.49. The molecule has 1 aliphatic rings. The van der Waals surface area contributed by atoms with Crippen LogP contribution in [0.2, 0.25) is 0 Å². The first kappa shape index (κ1) is 8.98. The zero-order valence-corrected chi connectivity index (χ0v) is 8.66. The molecule has 0 bridgehead atoms. The molecule has 0 radical (unpaired) electrons. The molecule has 0 saturated heterocycles. The van der Waals surface area contributed by atoms with Gasteiger partial charge in [0.25, 0.3) is 0 Å². The molecule has 2 N–H and O–H groups in total. The third-order valence-electron chi connectivity index (χ3n) is 3.53. The molecule has 2 heteroatoms. The first-order chi connectivity index (χ1) is 7.33. The van der Waals surface area contributed by atoms with E-state index in [0.29, 0.717) is 6.61 Å². The quantitative estimate of drug-likeness (QED) is 0.786. The van der Waals surface area contributed by atoms with Gasteiger partial charge in [-0.05, 0) is 36.3 Å². The molecule has 2 aromatic rings. The molecule has 1 aliphatic carbocycles. The van der Waals surface area contributed by atoms with Crippen molar-refractivity contribution >= 4 is 10.9 Å². The first-order valence-electron chi connectivity index (χ1n) is 5.49. The lowest BCUT2D eigenvalue weighted by atomic mass is 9.97. The maximum Gasteiger partial charge on any atom is 0.0490 e. The molecule has 2 nitrogen and oxygen atoms in total. The Morgan fingerprint density at radius 3 is 2.80 bits per heavy atom. The minimum atomic E-state index is 0.199. The average molecular weight is 201 g/mol. The number of nitrogens with one attached hydrogen (secondary N) is 1. The fourth-order valence-electron chi connectivity index (χ4n) is 2.25. The van der Waals surface area contributed by atoms with Gasteiger partial charge in [-0.2, -0.15) is 0 Å². The van der Waals surface area contributed by atoms with Gasteiger partial charge in [0, 0.05) is 23.7 Å². The monoisotopic (exact) mass is 201 g/mol. The number of para-hydroxylation sites is 1. The second kappa shape index (κ2) is 3.11. The number of aliphatic hydroxyl groups excluding tert-OH is 1. The topological polar surface area (TPSA) is 36.0 Å². The van der Waals surface area contributed by atoms with E-state index in [1.165, 1.54) is 29.3 Å². The van der Waals surface area contributed by atoms with E-state index in [1.54, 1.807) is 0 Å². The maximum absolute atomic E-state index is 9.32. The van der Waals surface area contributed by atoms with Crippen molar-refractivity contribution in [2.75, 3.05) is 6.61 Å². The van der Waals surface area contributed by atoms with Crippen LogP contribution in [0.4, 0.5) is 0 Å². The molecule has 0 unspecified atom stereocenters. The number of aromatic amines is 1. The van der Waals surface area contributed by atoms with Crippen LogP contribution < -0.4 is 0 Å². The molecule has 0 aliphatic heterocycles. The van der Waals surface area contributed by atoms with E-state index in [9.17, 15) is 5.11 Å². The smallest absolute Gasteiger partial charge is 0.0490 e. The van der Waals surface area contributed by atoms with E-state index in [0.717, 1.165) is 6.42 Å². The SMILES string of the molecule is OCC1(Cc2c[nH]c3ccccc23)CC1. The Hall–Kier alpha value is -1.28. The third-order valence-corrected chi connectivity index (χ3v) is 3.53. The van der Waals surface area contributed by atoms with Gasteiger partial charge in [-0.15, -0.1) is 0 Å². The van der Waals surface area contributed by atoms with Crippen LogP contribution >= 0.6 is 0 Å². The molecule has 0 spiro atoms.